The lowest BCUT2D eigenvalue weighted by Crippen LogP contribution is -2.28. The van der Waals surface area contributed by atoms with Gasteiger partial charge in [0.25, 0.3) is 5.91 Å². The summed E-state index contributed by atoms with van der Waals surface area (Å²) in [7, 11) is 0. The van der Waals surface area contributed by atoms with Crippen molar-refractivity contribution in [2.45, 2.75) is 52.1 Å². The van der Waals surface area contributed by atoms with E-state index in [0.717, 1.165) is 42.0 Å². The van der Waals surface area contributed by atoms with E-state index in [1.807, 2.05) is 37.3 Å². The van der Waals surface area contributed by atoms with Gasteiger partial charge < -0.3 is 14.6 Å². The Bertz CT molecular complexity index is 1230. The number of unbranched alkanes of at least 4 members (excludes halogenated alkanes) is 1. The molecule has 176 valence electrons. The summed E-state index contributed by atoms with van der Waals surface area (Å²) in [6.45, 7) is 7.80. The van der Waals surface area contributed by atoms with Crippen molar-refractivity contribution >= 4 is 16.9 Å². The number of ether oxygens (including phenoxy) is 1. The van der Waals surface area contributed by atoms with Gasteiger partial charge in [-0.1, -0.05) is 44.2 Å². The summed E-state index contributed by atoms with van der Waals surface area (Å²) in [5.41, 5.74) is 3.78. The molecule has 6 heteroatoms. The van der Waals surface area contributed by atoms with E-state index in [-0.39, 0.29) is 11.9 Å². The number of hydrogen-bond acceptors (Lipinski definition) is 4. The zero-order chi connectivity index (χ0) is 23.9. The number of para-hydroxylation sites is 3. The second-order valence-corrected chi connectivity index (χ2v) is 8.80. The van der Waals surface area contributed by atoms with E-state index in [4.69, 9.17) is 9.72 Å². The predicted molar refractivity (Wildman–Crippen MR) is 135 cm³/mol. The lowest BCUT2D eigenvalue weighted by molar-refractivity contribution is 0.0937. The number of amides is 1. The standard InChI is InChI=1S/C28H32N4O2/c1-20(2)23-12-4-7-15-26(23)34-18-9-8-17-32-25-14-6-5-13-24(25)31-27(32)21(3)30-28(33)22-11-10-16-29-19-22/h4-7,10-16,19-21H,8-9,17-18H2,1-3H3,(H,30,33). The maximum atomic E-state index is 12.7. The molecule has 2 heterocycles. The van der Waals surface area contributed by atoms with Crippen LogP contribution in [0.4, 0.5) is 0 Å². The van der Waals surface area contributed by atoms with Gasteiger partial charge in [-0.15, -0.1) is 0 Å². The first-order valence-corrected chi connectivity index (χ1v) is 11.9. The van der Waals surface area contributed by atoms with Gasteiger partial charge in [0.2, 0.25) is 0 Å². The average molecular weight is 457 g/mol. The van der Waals surface area contributed by atoms with Gasteiger partial charge in [0.05, 0.1) is 29.2 Å². The lowest BCUT2D eigenvalue weighted by Gasteiger charge is -2.17. The van der Waals surface area contributed by atoms with Gasteiger partial charge in [-0.25, -0.2) is 4.98 Å². The topological polar surface area (TPSA) is 69.0 Å². The summed E-state index contributed by atoms with van der Waals surface area (Å²) in [5.74, 6) is 2.10. The van der Waals surface area contributed by atoms with E-state index in [1.54, 1.807) is 24.5 Å². The van der Waals surface area contributed by atoms with Gasteiger partial charge in [-0.05, 0) is 61.6 Å². The largest absolute Gasteiger partial charge is 0.493 e. The van der Waals surface area contributed by atoms with Crippen LogP contribution in [0.2, 0.25) is 0 Å². The van der Waals surface area contributed by atoms with Gasteiger partial charge in [-0.3, -0.25) is 9.78 Å². The number of nitrogens with zero attached hydrogens (tertiary/aromatic N) is 3. The van der Waals surface area contributed by atoms with Crippen LogP contribution in [0.1, 0.15) is 67.3 Å². The Hall–Kier alpha value is -3.67. The summed E-state index contributed by atoms with van der Waals surface area (Å²) in [6, 6.07) is 19.6. The number of benzene rings is 2. The highest BCUT2D eigenvalue weighted by atomic mass is 16.5. The zero-order valence-corrected chi connectivity index (χ0v) is 20.1. The fourth-order valence-electron chi connectivity index (χ4n) is 4.14. The number of fused-ring (bicyclic) bond motifs is 1. The van der Waals surface area contributed by atoms with Crippen molar-refractivity contribution in [1.82, 2.24) is 19.9 Å². The Labute approximate surface area is 201 Å². The second kappa shape index (κ2) is 11.0. The number of carbonyl (C=O) groups excluding carboxylic acids is 1. The molecular weight excluding hydrogens is 424 g/mol. The van der Waals surface area contributed by atoms with Gasteiger partial charge in [-0.2, -0.15) is 0 Å². The molecule has 1 amide bonds. The van der Waals surface area contributed by atoms with Crippen molar-refractivity contribution in [3.63, 3.8) is 0 Å². The third kappa shape index (κ3) is 5.45. The van der Waals surface area contributed by atoms with Gasteiger partial charge in [0.1, 0.15) is 11.6 Å². The number of nitrogens with one attached hydrogen (secondary N) is 1. The highest BCUT2D eigenvalue weighted by Gasteiger charge is 2.19. The van der Waals surface area contributed by atoms with Crippen molar-refractivity contribution in [2.75, 3.05) is 6.61 Å². The second-order valence-electron chi connectivity index (χ2n) is 8.80. The third-order valence-electron chi connectivity index (χ3n) is 5.92. The van der Waals surface area contributed by atoms with E-state index in [9.17, 15) is 4.79 Å². The molecule has 2 aromatic heterocycles. The molecule has 0 aliphatic heterocycles. The minimum absolute atomic E-state index is 0.156. The molecule has 6 nitrogen and oxygen atoms in total. The number of aromatic nitrogens is 3. The lowest BCUT2D eigenvalue weighted by atomic mass is 10.0. The SMILES string of the molecule is CC(C)c1ccccc1OCCCCn1c(C(C)NC(=O)c2cccnc2)nc2ccccc21. The summed E-state index contributed by atoms with van der Waals surface area (Å²) in [5, 5.41) is 3.07. The number of rotatable bonds is 10. The quantitative estimate of drug-likeness (QED) is 0.301. The Morgan fingerprint density at radius 3 is 2.59 bits per heavy atom. The Kier molecular flexibility index (Phi) is 7.58. The van der Waals surface area contributed by atoms with Crippen molar-refractivity contribution < 1.29 is 9.53 Å². The van der Waals surface area contributed by atoms with Gasteiger partial charge in [0, 0.05) is 18.9 Å². The summed E-state index contributed by atoms with van der Waals surface area (Å²) >= 11 is 0. The summed E-state index contributed by atoms with van der Waals surface area (Å²) < 4.78 is 8.31. The van der Waals surface area contributed by atoms with Crippen LogP contribution in [0, 0.1) is 0 Å². The van der Waals surface area contributed by atoms with Crippen molar-refractivity contribution in [3.05, 3.63) is 90.0 Å². The van der Waals surface area contributed by atoms with Crippen LogP contribution in [0.5, 0.6) is 5.75 Å². The van der Waals surface area contributed by atoms with Gasteiger partial charge >= 0.3 is 0 Å². The number of imidazole rings is 1. The fourth-order valence-corrected chi connectivity index (χ4v) is 4.14. The molecule has 1 atom stereocenters. The van der Waals surface area contributed by atoms with Gasteiger partial charge in [0.15, 0.2) is 0 Å². The minimum Gasteiger partial charge on any atom is -0.493 e. The molecule has 0 fully saturated rings. The van der Waals surface area contributed by atoms with E-state index in [1.165, 1.54) is 5.56 Å². The number of aryl methyl sites for hydroxylation is 1. The predicted octanol–water partition coefficient (Wildman–Crippen LogP) is 5.90. The van der Waals surface area contributed by atoms with E-state index in [2.05, 4.69) is 46.9 Å². The van der Waals surface area contributed by atoms with E-state index in [0.29, 0.717) is 18.1 Å². The smallest absolute Gasteiger partial charge is 0.253 e. The number of carbonyl (C=O) groups is 1. The Morgan fingerprint density at radius 2 is 1.79 bits per heavy atom. The first-order chi connectivity index (χ1) is 16.5. The maximum Gasteiger partial charge on any atom is 0.253 e. The molecule has 0 aliphatic carbocycles. The molecular formula is C28H32N4O2. The van der Waals surface area contributed by atoms with E-state index >= 15 is 0 Å². The minimum atomic E-state index is -0.241. The molecule has 1 N–H and O–H groups in total. The maximum absolute atomic E-state index is 12.7. The number of hydrogen-bond donors (Lipinski definition) is 1. The highest BCUT2D eigenvalue weighted by Crippen LogP contribution is 2.26. The van der Waals surface area contributed by atoms with Crippen LogP contribution < -0.4 is 10.1 Å². The summed E-state index contributed by atoms with van der Waals surface area (Å²) in [6.07, 6.45) is 5.10. The molecule has 4 rings (SSSR count). The average Bonchev–Trinajstić information content (AvgIpc) is 3.23. The molecule has 34 heavy (non-hydrogen) atoms. The van der Waals surface area contributed by atoms with E-state index < -0.39 is 0 Å². The number of pyridine rings is 1. The third-order valence-corrected chi connectivity index (χ3v) is 5.92. The first kappa shape index (κ1) is 23.5. The molecule has 0 aliphatic rings. The zero-order valence-electron chi connectivity index (χ0n) is 20.1. The van der Waals surface area contributed by atoms with Crippen LogP contribution in [-0.4, -0.2) is 27.0 Å². The molecule has 0 saturated carbocycles. The molecule has 1 unspecified atom stereocenters. The Morgan fingerprint density at radius 1 is 1.00 bits per heavy atom. The molecule has 0 spiro atoms. The molecule has 2 aromatic carbocycles. The highest BCUT2D eigenvalue weighted by molar-refractivity contribution is 5.94. The van der Waals surface area contributed by atoms with Crippen LogP contribution in [-0.2, 0) is 6.54 Å². The molecule has 4 aromatic rings. The van der Waals surface area contributed by atoms with Crippen LogP contribution >= 0.6 is 0 Å². The normalized spacial score (nSPS) is 12.1. The van der Waals surface area contributed by atoms with Crippen LogP contribution in [0.3, 0.4) is 0 Å². The fraction of sp³-hybridized carbons (Fsp3) is 0.321. The molecule has 0 radical (unpaired) electrons. The van der Waals surface area contributed by atoms with Crippen LogP contribution in [0.25, 0.3) is 11.0 Å². The molecule has 0 bridgehead atoms. The van der Waals surface area contributed by atoms with Crippen molar-refractivity contribution in [2.24, 2.45) is 0 Å². The summed E-state index contributed by atoms with van der Waals surface area (Å²) in [4.78, 5) is 21.5. The first-order valence-electron chi connectivity index (χ1n) is 11.9. The van der Waals surface area contributed by atoms with Crippen molar-refractivity contribution in [3.8, 4) is 5.75 Å². The molecule has 0 saturated heterocycles. The monoisotopic (exact) mass is 456 g/mol. The van der Waals surface area contributed by atoms with Crippen molar-refractivity contribution in [1.29, 1.82) is 0 Å². The Balaban J connectivity index is 1.42. The van der Waals surface area contributed by atoms with Crippen LogP contribution in [0.15, 0.2) is 73.1 Å².